The van der Waals surface area contributed by atoms with Crippen LogP contribution in [0.25, 0.3) is 0 Å². The average Bonchev–Trinajstić information content (AvgIpc) is 3.01. The Kier molecular flexibility index (Phi) is 5.93. The van der Waals surface area contributed by atoms with Gasteiger partial charge in [0.05, 0.1) is 23.1 Å². The Morgan fingerprint density at radius 1 is 1.41 bits per heavy atom. The molecule has 0 bridgehead atoms. The molecule has 0 aliphatic carbocycles. The number of benzene rings is 1. The van der Waals surface area contributed by atoms with Gasteiger partial charge in [-0.2, -0.15) is 0 Å². The first-order valence-electron chi connectivity index (χ1n) is 7.10. The van der Waals surface area contributed by atoms with E-state index in [-0.39, 0.29) is 29.9 Å². The van der Waals surface area contributed by atoms with Crippen molar-refractivity contribution >= 4 is 9.84 Å². The second-order valence-electron chi connectivity index (χ2n) is 5.15. The molecule has 0 aromatic heterocycles. The van der Waals surface area contributed by atoms with Crippen LogP contribution in [0.1, 0.15) is 12.8 Å². The molecule has 1 fully saturated rings. The molecule has 2 rings (SSSR count). The number of hydrogen-bond acceptors (Lipinski definition) is 5. The Morgan fingerprint density at radius 3 is 2.68 bits per heavy atom. The first kappa shape index (κ1) is 16.9. The van der Waals surface area contributed by atoms with Crippen LogP contribution in [0, 0.1) is 0 Å². The Balaban J connectivity index is 1.98. The van der Waals surface area contributed by atoms with Gasteiger partial charge < -0.3 is 15.2 Å². The summed E-state index contributed by atoms with van der Waals surface area (Å²) < 4.78 is 47.6. The summed E-state index contributed by atoms with van der Waals surface area (Å²) in [5.74, 6) is 0.457. The van der Waals surface area contributed by atoms with Gasteiger partial charge in [-0.15, -0.1) is 0 Å². The van der Waals surface area contributed by atoms with E-state index in [9.17, 15) is 12.8 Å². The predicted molar refractivity (Wildman–Crippen MR) is 81.2 cm³/mol. The molecule has 1 atom stereocenters. The molecule has 122 valence electrons. The second-order valence-corrected chi connectivity index (χ2v) is 7.18. The third kappa shape index (κ3) is 4.53. The van der Waals surface area contributed by atoms with Crippen LogP contribution in [-0.4, -0.2) is 40.0 Å². The van der Waals surface area contributed by atoms with E-state index in [2.05, 4.69) is 0 Å². The molecule has 1 aromatic carbocycles. The normalized spacial score (nSPS) is 19.4. The number of sulfone groups is 1. The molecule has 1 aliphatic heterocycles. The van der Waals surface area contributed by atoms with Gasteiger partial charge in [-0.3, -0.25) is 0 Å². The average molecular weight is 329 g/mol. The highest BCUT2D eigenvalue weighted by Gasteiger charge is 2.24. The lowest BCUT2D eigenvalue weighted by Crippen LogP contribution is -2.20. The molecule has 22 heavy (non-hydrogen) atoms. The number of nitrogens with two attached hydrogens (primary N) is 1. The Morgan fingerprint density at radius 2 is 2.14 bits per heavy atom. The van der Waals surface area contributed by atoms with Crippen LogP contribution in [0.5, 0.6) is 5.75 Å². The first-order chi connectivity index (χ1) is 10.5. The lowest BCUT2D eigenvalue weighted by atomic mass is 10.3. The maximum atomic E-state index is 12.4. The predicted octanol–water partition coefficient (Wildman–Crippen LogP) is 1.83. The van der Waals surface area contributed by atoms with Crippen LogP contribution in [0.4, 0.5) is 4.39 Å². The third-order valence-electron chi connectivity index (χ3n) is 3.45. The van der Waals surface area contributed by atoms with E-state index in [0.29, 0.717) is 24.3 Å². The molecule has 5 nitrogen and oxygen atoms in total. The summed E-state index contributed by atoms with van der Waals surface area (Å²) in [7, 11) is -3.37. The fourth-order valence-electron chi connectivity index (χ4n) is 2.17. The Hall–Kier alpha value is -1.44. The quantitative estimate of drug-likeness (QED) is 0.826. The zero-order valence-electron chi connectivity index (χ0n) is 12.2. The summed E-state index contributed by atoms with van der Waals surface area (Å²) in [5.41, 5.74) is 5.66. The van der Waals surface area contributed by atoms with Gasteiger partial charge in [0.15, 0.2) is 9.84 Å². The van der Waals surface area contributed by atoms with Crippen LogP contribution in [0.3, 0.4) is 0 Å². The maximum Gasteiger partial charge on any atom is 0.180 e. The van der Waals surface area contributed by atoms with E-state index in [1.54, 1.807) is 12.1 Å². The zero-order chi connectivity index (χ0) is 16.0. The molecule has 0 spiro atoms. The number of hydrogen-bond donors (Lipinski definition) is 1. The van der Waals surface area contributed by atoms with E-state index in [4.69, 9.17) is 15.2 Å². The standard InChI is InChI=1S/C15H20FNO4S/c16-8-12(9-17)10-21-13-3-5-15(6-4-13)22(18,19)11-14-2-1-7-20-14/h3-6,8,14H,1-2,7,9-11,17H2/b12-8+/t14-/m0/s1. The van der Waals surface area contributed by atoms with Crippen molar-refractivity contribution < 1.29 is 22.3 Å². The maximum absolute atomic E-state index is 12.4. The van der Waals surface area contributed by atoms with Gasteiger partial charge in [0.2, 0.25) is 0 Å². The molecule has 2 N–H and O–H groups in total. The van der Waals surface area contributed by atoms with Crippen molar-refractivity contribution in [2.75, 3.05) is 25.5 Å². The van der Waals surface area contributed by atoms with E-state index < -0.39 is 9.84 Å². The van der Waals surface area contributed by atoms with Crippen molar-refractivity contribution in [1.82, 2.24) is 0 Å². The van der Waals surface area contributed by atoms with Crippen LogP contribution in [-0.2, 0) is 14.6 Å². The summed E-state index contributed by atoms with van der Waals surface area (Å²) in [6.07, 6.45) is 1.87. The van der Waals surface area contributed by atoms with Crippen LogP contribution in [0.15, 0.2) is 41.1 Å². The fourth-order valence-corrected chi connectivity index (χ4v) is 3.67. The van der Waals surface area contributed by atoms with E-state index >= 15 is 0 Å². The molecule has 1 saturated heterocycles. The molecule has 1 aromatic rings. The van der Waals surface area contributed by atoms with Crippen LogP contribution >= 0.6 is 0 Å². The summed E-state index contributed by atoms with van der Waals surface area (Å²) in [5, 5.41) is 0. The fraction of sp³-hybridized carbons (Fsp3) is 0.467. The lowest BCUT2D eigenvalue weighted by molar-refractivity contribution is 0.127. The summed E-state index contributed by atoms with van der Waals surface area (Å²) in [6, 6.07) is 6.07. The molecular formula is C15H20FNO4S. The molecule has 1 heterocycles. The summed E-state index contributed by atoms with van der Waals surface area (Å²) in [4.78, 5) is 0.232. The molecule has 7 heteroatoms. The largest absolute Gasteiger partial charge is 0.489 e. The molecular weight excluding hydrogens is 309 g/mol. The molecule has 0 amide bonds. The lowest BCUT2D eigenvalue weighted by Gasteiger charge is -2.11. The molecule has 1 aliphatic rings. The van der Waals surface area contributed by atoms with Crippen molar-refractivity contribution in [3.63, 3.8) is 0 Å². The van der Waals surface area contributed by atoms with Gasteiger partial charge in [-0.05, 0) is 37.1 Å². The van der Waals surface area contributed by atoms with Crippen LogP contribution in [0.2, 0.25) is 0 Å². The van der Waals surface area contributed by atoms with Gasteiger partial charge in [-0.1, -0.05) is 0 Å². The number of halogens is 1. The van der Waals surface area contributed by atoms with Crippen molar-refractivity contribution in [3.05, 3.63) is 36.2 Å². The second kappa shape index (κ2) is 7.71. The van der Waals surface area contributed by atoms with Gasteiger partial charge in [0.1, 0.15) is 12.4 Å². The minimum atomic E-state index is -3.37. The molecule has 0 saturated carbocycles. The summed E-state index contributed by atoms with van der Waals surface area (Å²) in [6.45, 7) is 0.734. The zero-order valence-corrected chi connectivity index (χ0v) is 13.0. The third-order valence-corrected chi connectivity index (χ3v) is 5.25. The van der Waals surface area contributed by atoms with Gasteiger partial charge in [0, 0.05) is 18.7 Å². The minimum absolute atomic E-state index is 0.00485. The monoisotopic (exact) mass is 329 g/mol. The highest BCUT2D eigenvalue weighted by Crippen LogP contribution is 2.21. The highest BCUT2D eigenvalue weighted by atomic mass is 32.2. The van der Waals surface area contributed by atoms with E-state index in [0.717, 1.165) is 12.8 Å². The van der Waals surface area contributed by atoms with Crippen molar-refractivity contribution in [2.24, 2.45) is 5.73 Å². The van der Waals surface area contributed by atoms with Crippen LogP contribution < -0.4 is 10.5 Å². The Bertz CT molecular complexity index is 607. The van der Waals surface area contributed by atoms with Gasteiger partial charge >= 0.3 is 0 Å². The highest BCUT2D eigenvalue weighted by molar-refractivity contribution is 7.91. The Labute approximate surface area is 129 Å². The van der Waals surface area contributed by atoms with Gasteiger partial charge in [-0.25, -0.2) is 12.8 Å². The SMILES string of the molecule is NC/C(=C\F)COc1ccc(S(=O)(=O)C[C@@H]2CCCO2)cc1. The summed E-state index contributed by atoms with van der Waals surface area (Å²) >= 11 is 0. The van der Waals surface area contributed by atoms with Crippen molar-refractivity contribution in [3.8, 4) is 5.75 Å². The molecule has 0 unspecified atom stereocenters. The van der Waals surface area contributed by atoms with Gasteiger partial charge in [0.25, 0.3) is 0 Å². The van der Waals surface area contributed by atoms with E-state index in [1.165, 1.54) is 12.1 Å². The van der Waals surface area contributed by atoms with Crippen molar-refractivity contribution in [2.45, 2.75) is 23.8 Å². The topological polar surface area (TPSA) is 78.6 Å². The smallest absolute Gasteiger partial charge is 0.180 e. The number of rotatable bonds is 7. The van der Waals surface area contributed by atoms with Crippen molar-refractivity contribution in [1.29, 1.82) is 0 Å². The van der Waals surface area contributed by atoms with E-state index in [1.807, 2.05) is 0 Å². The molecule has 0 radical (unpaired) electrons. The first-order valence-corrected chi connectivity index (χ1v) is 8.76. The number of ether oxygens (including phenoxy) is 2. The minimum Gasteiger partial charge on any atom is -0.489 e.